The predicted octanol–water partition coefficient (Wildman–Crippen LogP) is 4.38. The summed E-state index contributed by atoms with van der Waals surface area (Å²) in [6.07, 6.45) is 0.196. The van der Waals surface area contributed by atoms with Gasteiger partial charge in [-0.2, -0.15) is 4.90 Å². The lowest BCUT2D eigenvalue weighted by Gasteiger charge is -2.33. The molecule has 0 aromatic rings. The van der Waals surface area contributed by atoms with Gasteiger partial charge in [0.2, 0.25) is 0 Å². The van der Waals surface area contributed by atoms with Gasteiger partial charge < -0.3 is 23.8 Å². The van der Waals surface area contributed by atoms with Crippen LogP contribution in [0.5, 0.6) is 0 Å². The standard InChI is InChI=1S/C24H40N2O9/c1-12-32-18(27)16(25-31-11)14-13-15-17(19(28)33-22(2,3)4)26(20(29)34-23(5,6)7)21(30)35-24(8,9)10/h13-14,17H,12,15H2,1-11H3/b14-13+,25-16+/t17-/m0/s1. The lowest BCUT2D eigenvalue weighted by molar-refractivity contribution is -0.161. The number of carbonyl (C=O) groups is 4. The highest BCUT2D eigenvalue weighted by molar-refractivity contribution is 6.41. The van der Waals surface area contributed by atoms with Gasteiger partial charge in [0.1, 0.15) is 30.0 Å². The molecule has 0 heterocycles. The van der Waals surface area contributed by atoms with E-state index in [9.17, 15) is 19.2 Å². The summed E-state index contributed by atoms with van der Waals surface area (Å²) in [5.74, 6) is -1.63. The number of esters is 2. The van der Waals surface area contributed by atoms with Gasteiger partial charge in [0.05, 0.1) is 6.61 Å². The lowest BCUT2D eigenvalue weighted by atomic mass is 10.1. The van der Waals surface area contributed by atoms with Crippen molar-refractivity contribution in [2.24, 2.45) is 5.16 Å². The summed E-state index contributed by atoms with van der Waals surface area (Å²) in [6, 6.07) is -1.47. The van der Waals surface area contributed by atoms with Crippen LogP contribution in [0.4, 0.5) is 9.59 Å². The van der Waals surface area contributed by atoms with Crippen molar-refractivity contribution >= 4 is 29.8 Å². The van der Waals surface area contributed by atoms with Gasteiger partial charge >= 0.3 is 24.1 Å². The molecule has 0 bridgehead atoms. The van der Waals surface area contributed by atoms with Crippen molar-refractivity contribution in [1.29, 1.82) is 0 Å². The Morgan fingerprint density at radius 1 is 0.829 bits per heavy atom. The van der Waals surface area contributed by atoms with E-state index in [2.05, 4.69) is 9.99 Å². The average Bonchev–Trinajstić information content (AvgIpc) is 2.62. The fraction of sp³-hybridized carbons (Fsp3) is 0.708. The third-order valence-corrected chi connectivity index (χ3v) is 3.48. The Morgan fingerprint density at radius 3 is 1.66 bits per heavy atom. The largest absolute Gasteiger partial charge is 0.461 e. The maximum absolute atomic E-state index is 13.1. The Morgan fingerprint density at radius 2 is 1.29 bits per heavy atom. The molecule has 0 aliphatic carbocycles. The molecule has 11 nitrogen and oxygen atoms in total. The number of amides is 2. The van der Waals surface area contributed by atoms with E-state index in [0.717, 1.165) is 0 Å². The maximum atomic E-state index is 13.1. The molecule has 2 amide bonds. The Balaban J connectivity index is 6.38. The second-order valence-electron chi connectivity index (χ2n) is 10.4. The van der Waals surface area contributed by atoms with Crippen molar-refractivity contribution in [3.63, 3.8) is 0 Å². The number of imide groups is 1. The second-order valence-corrected chi connectivity index (χ2v) is 10.4. The van der Waals surface area contributed by atoms with E-state index in [0.29, 0.717) is 4.90 Å². The molecule has 0 saturated heterocycles. The molecule has 35 heavy (non-hydrogen) atoms. The molecule has 11 heteroatoms. The normalized spacial score (nSPS) is 13.6. The number of hydrogen-bond donors (Lipinski definition) is 0. The van der Waals surface area contributed by atoms with Crippen LogP contribution in [-0.2, 0) is 33.4 Å². The van der Waals surface area contributed by atoms with Crippen LogP contribution >= 0.6 is 0 Å². The Labute approximate surface area is 207 Å². The summed E-state index contributed by atoms with van der Waals surface area (Å²) < 4.78 is 21.1. The van der Waals surface area contributed by atoms with Gasteiger partial charge in [-0.3, -0.25) is 0 Å². The summed E-state index contributed by atoms with van der Waals surface area (Å²) in [5.41, 5.74) is -3.03. The first-order valence-corrected chi connectivity index (χ1v) is 11.2. The molecule has 1 atom stereocenters. The maximum Gasteiger partial charge on any atom is 0.420 e. The number of carbonyl (C=O) groups excluding carboxylic acids is 4. The third-order valence-electron chi connectivity index (χ3n) is 3.48. The number of nitrogens with zero attached hydrogens (tertiary/aromatic N) is 2. The first-order chi connectivity index (χ1) is 15.8. The minimum Gasteiger partial charge on any atom is -0.461 e. The van der Waals surface area contributed by atoms with Crippen LogP contribution in [-0.4, -0.2) is 71.3 Å². The van der Waals surface area contributed by atoms with Gasteiger partial charge in [-0.25, -0.2) is 19.2 Å². The molecule has 200 valence electrons. The smallest absolute Gasteiger partial charge is 0.420 e. The van der Waals surface area contributed by atoms with Crippen LogP contribution in [0.15, 0.2) is 17.3 Å². The molecular weight excluding hydrogens is 460 g/mol. The van der Waals surface area contributed by atoms with Gasteiger partial charge in [0, 0.05) is 0 Å². The van der Waals surface area contributed by atoms with E-state index in [-0.39, 0.29) is 18.7 Å². The van der Waals surface area contributed by atoms with Crippen LogP contribution in [0.3, 0.4) is 0 Å². The van der Waals surface area contributed by atoms with E-state index in [1.165, 1.54) is 19.3 Å². The van der Waals surface area contributed by atoms with E-state index in [1.807, 2.05) is 0 Å². The first-order valence-electron chi connectivity index (χ1n) is 11.2. The molecule has 0 N–H and O–H groups in total. The van der Waals surface area contributed by atoms with Crippen LogP contribution in [0.1, 0.15) is 75.7 Å². The van der Waals surface area contributed by atoms with Crippen LogP contribution in [0.2, 0.25) is 0 Å². The number of hydrogen-bond acceptors (Lipinski definition) is 10. The van der Waals surface area contributed by atoms with Crippen molar-refractivity contribution in [2.75, 3.05) is 13.7 Å². The molecule has 0 aliphatic heterocycles. The summed E-state index contributed by atoms with van der Waals surface area (Å²) >= 11 is 0. The predicted molar refractivity (Wildman–Crippen MR) is 129 cm³/mol. The van der Waals surface area contributed by atoms with E-state index in [4.69, 9.17) is 18.9 Å². The number of oxime groups is 1. The van der Waals surface area contributed by atoms with Crippen molar-refractivity contribution in [3.8, 4) is 0 Å². The van der Waals surface area contributed by atoms with Crippen LogP contribution in [0, 0.1) is 0 Å². The third kappa shape index (κ3) is 13.4. The van der Waals surface area contributed by atoms with Gasteiger partial charge in [-0.1, -0.05) is 11.2 Å². The molecule has 0 saturated carbocycles. The highest BCUT2D eigenvalue weighted by atomic mass is 16.6. The molecule has 0 rings (SSSR count). The van der Waals surface area contributed by atoms with Crippen molar-refractivity contribution < 1.29 is 43.0 Å². The van der Waals surface area contributed by atoms with Crippen molar-refractivity contribution in [2.45, 2.75) is 98.5 Å². The fourth-order valence-corrected chi connectivity index (χ4v) is 2.38. The quantitative estimate of drug-likeness (QED) is 0.206. The first kappa shape index (κ1) is 31.9. The van der Waals surface area contributed by atoms with Gasteiger partial charge in [-0.15, -0.1) is 0 Å². The van der Waals surface area contributed by atoms with Gasteiger partial charge in [-0.05, 0) is 81.7 Å². The minimum absolute atomic E-state index is 0.112. The van der Waals surface area contributed by atoms with Crippen molar-refractivity contribution in [1.82, 2.24) is 4.90 Å². The molecule has 0 unspecified atom stereocenters. The summed E-state index contributed by atoms with van der Waals surface area (Å²) in [6.45, 7) is 16.4. The summed E-state index contributed by atoms with van der Waals surface area (Å²) in [7, 11) is 1.25. The molecular formula is C24H40N2O9. The van der Waals surface area contributed by atoms with Gasteiger partial charge in [0.15, 0.2) is 5.71 Å². The van der Waals surface area contributed by atoms with Crippen molar-refractivity contribution in [3.05, 3.63) is 12.2 Å². The van der Waals surface area contributed by atoms with Crippen LogP contribution < -0.4 is 0 Å². The van der Waals surface area contributed by atoms with E-state index >= 15 is 0 Å². The fourth-order valence-electron chi connectivity index (χ4n) is 2.38. The molecule has 0 aromatic carbocycles. The van der Waals surface area contributed by atoms with E-state index in [1.54, 1.807) is 69.2 Å². The number of rotatable bonds is 8. The number of ether oxygens (including phenoxy) is 4. The summed E-state index contributed by atoms with van der Waals surface area (Å²) in [5, 5.41) is 3.60. The zero-order valence-electron chi connectivity index (χ0n) is 22.7. The topological polar surface area (TPSA) is 130 Å². The minimum atomic E-state index is -1.47. The Kier molecular flexibility index (Phi) is 11.9. The molecule has 0 aliphatic rings. The van der Waals surface area contributed by atoms with E-state index < -0.39 is 47.0 Å². The highest BCUT2D eigenvalue weighted by Crippen LogP contribution is 2.21. The molecule has 0 radical (unpaired) electrons. The molecule has 0 aromatic heterocycles. The lowest BCUT2D eigenvalue weighted by Crippen LogP contribution is -2.53. The average molecular weight is 501 g/mol. The molecule has 0 fully saturated rings. The monoisotopic (exact) mass is 500 g/mol. The molecule has 0 spiro atoms. The zero-order valence-corrected chi connectivity index (χ0v) is 22.7. The second kappa shape index (κ2) is 13.1. The SMILES string of the molecule is CCOC(=O)C(/C=C/C[C@@H](C(=O)OC(C)(C)C)N(C(=O)OC(C)(C)C)C(=O)OC(C)(C)C)=N/OC. The Hall–Kier alpha value is -3.11. The van der Waals surface area contributed by atoms with Gasteiger partial charge in [0.25, 0.3) is 0 Å². The highest BCUT2D eigenvalue weighted by Gasteiger charge is 2.41. The van der Waals surface area contributed by atoms with Crippen LogP contribution in [0.25, 0.3) is 0 Å². The Bertz CT molecular complexity index is 784. The summed E-state index contributed by atoms with van der Waals surface area (Å²) in [4.78, 5) is 56.5. The zero-order chi connectivity index (χ0) is 27.6.